The Kier molecular flexibility index (Phi) is 2.21. The number of rotatable bonds is 1. The lowest BCUT2D eigenvalue weighted by molar-refractivity contribution is 0.687. The predicted octanol–water partition coefficient (Wildman–Crippen LogP) is 1.27. The quantitative estimate of drug-likeness (QED) is 0.765. The minimum atomic E-state index is -1.01. The Bertz CT molecular complexity index is 559. The third kappa shape index (κ3) is 1.61. The number of aromatic nitrogens is 1. The van der Waals surface area contributed by atoms with Crippen LogP contribution in [0.5, 0.6) is 0 Å². The van der Waals surface area contributed by atoms with Crippen LogP contribution in [0.3, 0.4) is 0 Å². The van der Waals surface area contributed by atoms with Crippen LogP contribution in [0.1, 0.15) is 0 Å². The van der Waals surface area contributed by atoms with E-state index < -0.39 is 10.8 Å². The molecule has 0 spiro atoms. The Morgan fingerprint density at radius 2 is 1.93 bits per heavy atom. The molecule has 2 rings (SSSR count). The number of aromatic amines is 1. The second-order valence-corrected chi connectivity index (χ2v) is 4.41. The molecule has 0 saturated heterocycles. The molecular formula is C10H9NO2S. The highest BCUT2D eigenvalue weighted by Gasteiger charge is 1.99. The van der Waals surface area contributed by atoms with Crippen molar-refractivity contribution >= 4 is 21.7 Å². The van der Waals surface area contributed by atoms with Crippen LogP contribution >= 0.6 is 0 Å². The van der Waals surface area contributed by atoms with Crippen molar-refractivity contribution in [3.05, 3.63) is 40.7 Å². The van der Waals surface area contributed by atoms with Crippen LogP contribution in [-0.4, -0.2) is 15.4 Å². The van der Waals surface area contributed by atoms with E-state index in [1.54, 1.807) is 24.5 Å². The molecule has 72 valence electrons. The van der Waals surface area contributed by atoms with Crippen LogP contribution in [0.25, 0.3) is 10.9 Å². The van der Waals surface area contributed by atoms with Gasteiger partial charge in [0, 0.05) is 33.5 Å². The molecule has 0 fully saturated rings. The minimum absolute atomic E-state index is 0.142. The fraction of sp³-hybridized carbons (Fsp3) is 0.100. The summed E-state index contributed by atoms with van der Waals surface area (Å²) in [6.07, 6.45) is 1.61. The molecule has 1 aromatic heterocycles. The van der Waals surface area contributed by atoms with E-state index in [1.807, 2.05) is 6.07 Å². The average molecular weight is 207 g/mol. The average Bonchev–Trinajstić information content (AvgIpc) is 2.16. The number of fused-ring (bicyclic) bond motifs is 1. The maximum absolute atomic E-state index is 11.2. The number of H-pyrrole nitrogens is 1. The van der Waals surface area contributed by atoms with Crippen molar-refractivity contribution in [3.63, 3.8) is 0 Å². The molecule has 14 heavy (non-hydrogen) atoms. The monoisotopic (exact) mass is 207 g/mol. The van der Waals surface area contributed by atoms with Crippen molar-refractivity contribution in [2.45, 2.75) is 4.90 Å². The highest BCUT2D eigenvalue weighted by molar-refractivity contribution is 7.84. The molecular weight excluding hydrogens is 198 g/mol. The summed E-state index contributed by atoms with van der Waals surface area (Å²) in [6.45, 7) is 0. The van der Waals surface area contributed by atoms with Gasteiger partial charge in [-0.15, -0.1) is 0 Å². The van der Waals surface area contributed by atoms with Crippen molar-refractivity contribution in [2.75, 3.05) is 6.26 Å². The SMILES string of the molecule is CS(=O)c1ccc2ccc(=O)[nH]c2c1. The Labute approximate surface area is 83.2 Å². The summed E-state index contributed by atoms with van der Waals surface area (Å²) in [5.41, 5.74) is 0.585. The number of benzene rings is 1. The van der Waals surface area contributed by atoms with Crippen molar-refractivity contribution in [1.29, 1.82) is 0 Å². The number of hydrogen-bond donors (Lipinski definition) is 1. The van der Waals surface area contributed by atoms with Gasteiger partial charge in [-0.2, -0.15) is 0 Å². The van der Waals surface area contributed by atoms with E-state index in [4.69, 9.17) is 0 Å². The summed E-state index contributed by atoms with van der Waals surface area (Å²) in [5.74, 6) is 0. The molecule has 0 amide bonds. The lowest BCUT2D eigenvalue weighted by atomic mass is 10.2. The molecule has 0 bridgehead atoms. The van der Waals surface area contributed by atoms with Gasteiger partial charge in [0.2, 0.25) is 5.56 Å². The smallest absolute Gasteiger partial charge is 0.248 e. The fourth-order valence-corrected chi connectivity index (χ4v) is 1.85. The molecule has 0 aliphatic carbocycles. The Hall–Kier alpha value is -1.42. The van der Waals surface area contributed by atoms with E-state index in [2.05, 4.69) is 4.98 Å². The molecule has 1 heterocycles. The standard InChI is InChI=1S/C10H9NO2S/c1-14(13)8-4-2-7-3-5-10(12)11-9(7)6-8/h2-6H,1H3,(H,11,12). The number of nitrogens with one attached hydrogen (secondary N) is 1. The van der Waals surface area contributed by atoms with Gasteiger partial charge >= 0.3 is 0 Å². The molecule has 0 aliphatic heterocycles. The zero-order valence-electron chi connectivity index (χ0n) is 7.61. The second-order valence-electron chi connectivity index (χ2n) is 3.03. The summed E-state index contributed by atoms with van der Waals surface area (Å²) in [7, 11) is -1.01. The second kappa shape index (κ2) is 3.38. The molecule has 1 unspecified atom stereocenters. The largest absolute Gasteiger partial charge is 0.322 e. The molecule has 0 saturated carbocycles. The van der Waals surface area contributed by atoms with Gasteiger partial charge in [0.15, 0.2) is 0 Å². The van der Waals surface area contributed by atoms with Gasteiger partial charge in [-0.25, -0.2) is 0 Å². The van der Waals surface area contributed by atoms with Gasteiger partial charge in [-0.05, 0) is 23.6 Å². The summed E-state index contributed by atoms with van der Waals surface area (Å²) in [5, 5.41) is 0.943. The van der Waals surface area contributed by atoms with E-state index in [-0.39, 0.29) is 5.56 Å². The van der Waals surface area contributed by atoms with Gasteiger partial charge < -0.3 is 4.98 Å². The molecule has 0 radical (unpaired) electrons. The van der Waals surface area contributed by atoms with E-state index in [0.29, 0.717) is 0 Å². The first-order valence-electron chi connectivity index (χ1n) is 4.13. The normalized spacial score (nSPS) is 12.9. The Morgan fingerprint density at radius 3 is 2.64 bits per heavy atom. The highest BCUT2D eigenvalue weighted by atomic mass is 32.2. The first kappa shape index (κ1) is 9.15. The van der Waals surface area contributed by atoms with Crippen LogP contribution in [0.2, 0.25) is 0 Å². The van der Waals surface area contributed by atoms with Crippen molar-refractivity contribution in [2.24, 2.45) is 0 Å². The van der Waals surface area contributed by atoms with Gasteiger partial charge in [-0.3, -0.25) is 9.00 Å². The molecule has 4 heteroatoms. The van der Waals surface area contributed by atoms with Crippen molar-refractivity contribution < 1.29 is 4.21 Å². The third-order valence-corrected chi connectivity index (χ3v) is 2.95. The maximum atomic E-state index is 11.2. The summed E-state index contributed by atoms with van der Waals surface area (Å²) in [4.78, 5) is 14.4. The molecule has 0 aliphatic rings. The molecule has 1 atom stereocenters. The zero-order valence-corrected chi connectivity index (χ0v) is 8.43. The van der Waals surface area contributed by atoms with E-state index >= 15 is 0 Å². The lowest BCUT2D eigenvalue weighted by Gasteiger charge is -1.99. The number of pyridine rings is 1. The van der Waals surface area contributed by atoms with E-state index in [9.17, 15) is 9.00 Å². The summed E-state index contributed by atoms with van der Waals surface area (Å²) in [6, 6.07) is 8.62. The first-order valence-corrected chi connectivity index (χ1v) is 5.69. The summed E-state index contributed by atoms with van der Waals surface area (Å²) < 4.78 is 11.2. The molecule has 1 aromatic carbocycles. The van der Waals surface area contributed by atoms with Crippen LogP contribution in [0.4, 0.5) is 0 Å². The van der Waals surface area contributed by atoms with E-state index in [0.717, 1.165) is 15.8 Å². The topological polar surface area (TPSA) is 49.9 Å². The molecule has 1 N–H and O–H groups in total. The van der Waals surface area contributed by atoms with Crippen LogP contribution in [0, 0.1) is 0 Å². The third-order valence-electron chi connectivity index (χ3n) is 2.03. The Balaban J connectivity index is 2.75. The van der Waals surface area contributed by atoms with Crippen LogP contribution in [0.15, 0.2) is 40.0 Å². The van der Waals surface area contributed by atoms with Crippen molar-refractivity contribution in [1.82, 2.24) is 4.98 Å². The van der Waals surface area contributed by atoms with Crippen molar-refractivity contribution in [3.8, 4) is 0 Å². The fourth-order valence-electron chi connectivity index (χ4n) is 1.31. The van der Waals surface area contributed by atoms with Crippen LogP contribution in [-0.2, 0) is 10.8 Å². The lowest BCUT2D eigenvalue weighted by Crippen LogP contribution is -2.02. The van der Waals surface area contributed by atoms with Gasteiger partial charge in [0.05, 0.1) is 0 Å². The van der Waals surface area contributed by atoms with Gasteiger partial charge in [-0.1, -0.05) is 6.07 Å². The predicted molar refractivity (Wildman–Crippen MR) is 56.9 cm³/mol. The van der Waals surface area contributed by atoms with Crippen LogP contribution < -0.4 is 5.56 Å². The van der Waals surface area contributed by atoms with E-state index in [1.165, 1.54) is 6.07 Å². The van der Waals surface area contributed by atoms with Gasteiger partial charge in [0.25, 0.3) is 0 Å². The number of hydrogen-bond acceptors (Lipinski definition) is 2. The summed E-state index contributed by atoms with van der Waals surface area (Å²) >= 11 is 0. The molecule has 2 aromatic rings. The maximum Gasteiger partial charge on any atom is 0.248 e. The highest BCUT2D eigenvalue weighted by Crippen LogP contribution is 2.13. The van der Waals surface area contributed by atoms with Gasteiger partial charge in [0.1, 0.15) is 0 Å². The molecule has 3 nitrogen and oxygen atoms in total. The zero-order chi connectivity index (χ0) is 10.1. The Morgan fingerprint density at radius 1 is 1.21 bits per heavy atom. The first-order chi connectivity index (χ1) is 6.66. The minimum Gasteiger partial charge on any atom is -0.322 e.